The van der Waals surface area contributed by atoms with Gasteiger partial charge in [-0.25, -0.2) is 0 Å². The number of rotatable bonds is 1. The minimum absolute atomic E-state index is 0.155. The second kappa shape index (κ2) is 2.38. The fourth-order valence-electron chi connectivity index (χ4n) is 2.74. The van der Waals surface area contributed by atoms with Crippen LogP contribution in [0.2, 0.25) is 0 Å². The summed E-state index contributed by atoms with van der Waals surface area (Å²) in [5, 5.41) is 2.95. The van der Waals surface area contributed by atoms with Crippen LogP contribution in [0, 0.1) is 12.8 Å². The van der Waals surface area contributed by atoms with Gasteiger partial charge in [-0.1, -0.05) is 24.3 Å². The van der Waals surface area contributed by atoms with Gasteiger partial charge in [-0.05, 0) is 24.5 Å². The van der Waals surface area contributed by atoms with E-state index in [0.29, 0.717) is 0 Å². The lowest BCUT2D eigenvalue weighted by Gasteiger charge is -2.14. The molecule has 2 atom stereocenters. The largest absolute Gasteiger partial charge is 0.355 e. The Morgan fingerprint density at radius 3 is 2.79 bits per heavy atom. The van der Waals surface area contributed by atoms with Crippen LogP contribution in [-0.4, -0.2) is 12.5 Å². The molecule has 1 amide bonds. The monoisotopic (exact) mass is 187 g/mol. The number of piperidine rings is 1. The Morgan fingerprint density at radius 2 is 2.21 bits per heavy atom. The molecule has 1 aliphatic heterocycles. The average Bonchev–Trinajstić information content (AvgIpc) is 2.84. The Labute approximate surface area is 83.3 Å². The molecule has 0 aromatic heterocycles. The van der Waals surface area contributed by atoms with Gasteiger partial charge in [0, 0.05) is 12.0 Å². The maximum absolute atomic E-state index is 11.4. The molecule has 0 spiro atoms. The summed E-state index contributed by atoms with van der Waals surface area (Å²) in [7, 11) is 0. The Morgan fingerprint density at radius 1 is 1.43 bits per heavy atom. The van der Waals surface area contributed by atoms with Crippen LogP contribution in [0.1, 0.15) is 17.5 Å². The van der Waals surface area contributed by atoms with Gasteiger partial charge in [0.1, 0.15) is 0 Å². The fraction of sp³-hybridized carbons (Fsp3) is 0.417. The third-order valence-corrected chi connectivity index (χ3v) is 3.65. The predicted molar refractivity (Wildman–Crippen MR) is 54.0 cm³/mol. The molecule has 2 heteroatoms. The summed E-state index contributed by atoms with van der Waals surface area (Å²) in [6.07, 6.45) is 1.05. The molecule has 0 radical (unpaired) electrons. The average molecular weight is 187 g/mol. The molecule has 2 aliphatic rings. The Kier molecular flexibility index (Phi) is 1.37. The maximum atomic E-state index is 11.4. The van der Waals surface area contributed by atoms with Crippen LogP contribution >= 0.6 is 0 Å². The first-order valence-corrected chi connectivity index (χ1v) is 5.08. The van der Waals surface area contributed by atoms with Crippen molar-refractivity contribution in [3.63, 3.8) is 0 Å². The first kappa shape index (κ1) is 8.04. The highest BCUT2D eigenvalue weighted by atomic mass is 16.2. The van der Waals surface area contributed by atoms with Crippen molar-refractivity contribution in [3.8, 4) is 0 Å². The summed E-state index contributed by atoms with van der Waals surface area (Å²) in [5.41, 5.74) is 2.83. The molecule has 0 bridgehead atoms. The van der Waals surface area contributed by atoms with E-state index in [1.807, 2.05) is 0 Å². The molecule has 1 saturated carbocycles. The van der Waals surface area contributed by atoms with Gasteiger partial charge in [0.15, 0.2) is 0 Å². The van der Waals surface area contributed by atoms with E-state index in [1.54, 1.807) is 0 Å². The Bertz CT molecular complexity index is 413. The highest BCUT2D eigenvalue weighted by Gasteiger charge is 2.63. The van der Waals surface area contributed by atoms with Gasteiger partial charge in [0.25, 0.3) is 0 Å². The number of carbonyl (C=O) groups is 1. The van der Waals surface area contributed by atoms with Crippen LogP contribution in [0.25, 0.3) is 0 Å². The predicted octanol–water partition coefficient (Wildman–Crippen LogP) is 1.38. The summed E-state index contributed by atoms with van der Waals surface area (Å²) in [4.78, 5) is 11.4. The molecule has 1 N–H and O–H groups in total. The SMILES string of the molecule is Cc1ccccc1C12CNC(=O)C1C2. The van der Waals surface area contributed by atoms with Crippen LogP contribution in [0.15, 0.2) is 24.3 Å². The molecule has 1 aromatic rings. The highest BCUT2D eigenvalue weighted by Crippen LogP contribution is 2.57. The summed E-state index contributed by atoms with van der Waals surface area (Å²) >= 11 is 0. The van der Waals surface area contributed by atoms with Gasteiger partial charge < -0.3 is 5.32 Å². The molecule has 72 valence electrons. The van der Waals surface area contributed by atoms with Crippen LogP contribution in [0.5, 0.6) is 0 Å². The number of aryl methyl sites for hydroxylation is 1. The number of amides is 1. The van der Waals surface area contributed by atoms with Gasteiger partial charge >= 0.3 is 0 Å². The van der Waals surface area contributed by atoms with Gasteiger partial charge in [0.2, 0.25) is 5.91 Å². The van der Waals surface area contributed by atoms with Crippen molar-refractivity contribution in [1.29, 1.82) is 0 Å². The van der Waals surface area contributed by atoms with Crippen LogP contribution in [0.4, 0.5) is 0 Å². The van der Waals surface area contributed by atoms with Gasteiger partial charge in [0.05, 0.1) is 5.92 Å². The van der Waals surface area contributed by atoms with Crippen molar-refractivity contribution in [3.05, 3.63) is 35.4 Å². The van der Waals surface area contributed by atoms with Gasteiger partial charge in [-0.15, -0.1) is 0 Å². The molecule has 1 aromatic carbocycles. The summed E-state index contributed by atoms with van der Waals surface area (Å²) in [6.45, 7) is 2.96. The lowest BCUT2D eigenvalue weighted by molar-refractivity contribution is -0.120. The van der Waals surface area contributed by atoms with Crippen LogP contribution < -0.4 is 5.32 Å². The lowest BCUT2D eigenvalue weighted by atomic mass is 9.91. The van der Waals surface area contributed by atoms with Crippen molar-refractivity contribution in [1.82, 2.24) is 5.32 Å². The summed E-state index contributed by atoms with van der Waals surface area (Å²) in [5.74, 6) is 0.497. The van der Waals surface area contributed by atoms with E-state index in [0.717, 1.165) is 13.0 Å². The second-order valence-corrected chi connectivity index (χ2v) is 4.45. The zero-order valence-corrected chi connectivity index (χ0v) is 8.21. The van der Waals surface area contributed by atoms with Crippen molar-refractivity contribution in [2.75, 3.05) is 6.54 Å². The van der Waals surface area contributed by atoms with Gasteiger partial charge in [-0.2, -0.15) is 0 Å². The Hall–Kier alpha value is -1.31. The number of fused-ring (bicyclic) bond motifs is 1. The summed E-state index contributed by atoms with van der Waals surface area (Å²) in [6, 6.07) is 8.41. The molecule has 14 heavy (non-hydrogen) atoms. The van der Waals surface area contributed by atoms with Crippen LogP contribution in [-0.2, 0) is 10.2 Å². The van der Waals surface area contributed by atoms with Crippen molar-refractivity contribution in [2.45, 2.75) is 18.8 Å². The Balaban J connectivity index is 2.06. The molecule has 1 aliphatic carbocycles. The molecule has 2 fully saturated rings. The molecule has 2 unspecified atom stereocenters. The molecular formula is C12H13NO. The number of hydrogen-bond donors (Lipinski definition) is 1. The molecule has 3 rings (SSSR count). The zero-order chi connectivity index (χ0) is 9.76. The number of carbonyl (C=O) groups excluding carboxylic acids is 1. The second-order valence-electron chi connectivity index (χ2n) is 4.45. The van der Waals surface area contributed by atoms with E-state index in [9.17, 15) is 4.79 Å². The van der Waals surface area contributed by atoms with E-state index in [-0.39, 0.29) is 17.2 Å². The minimum Gasteiger partial charge on any atom is -0.355 e. The number of hydrogen-bond acceptors (Lipinski definition) is 1. The van der Waals surface area contributed by atoms with E-state index < -0.39 is 0 Å². The van der Waals surface area contributed by atoms with E-state index >= 15 is 0 Å². The van der Waals surface area contributed by atoms with E-state index in [2.05, 4.69) is 36.5 Å². The zero-order valence-electron chi connectivity index (χ0n) is 8.21. The van der Waals surface area contributed by atoms with E-state index in [1.165, 1.54) is 11.1 Å². The molecule has 1 heterocycles. The molecular weight excluding hydrogens is 174 g/mol. The van der Waals surface area contributed by atoms with Crippen molar-refractivity contribution >= 4 is 5.91 Å². The molecule has 2 nitrogen and oxygen atoms in total. The minimum atomic E-state index is 0.155. The van der Waals surface area contributed by atoms with Gasteiger partial charge in [-0.3, -0.25) is 4.79 Å². The summed E-state index contributed by atoms with van der Waals surface area (Å²) < 4.78 is 0. The number of benzene rings is 1. The standard InChI is InChI=1S/C12H13NO/c1-8-4-2-3-5-9(8)12-6-10(12)11(14)13-7-12/h2-5,10H,6-7H2,1H3,(H,13,14). The first-order valence-electron chi connectivity index (χ1n) is 5.08. The fourth-order valence-corrected chi connectivity index (χ4v) is 2.74. The quantitative estimate of drug-likeness (QED) is 0.707. The van der Waals surface area contributed by atoms with Crippen molar-refractivity contribution < 1.29 is 4.79 Å². The highest BCUT2D eigenvalue weighted by molar-refractivity contribution is 5.88. The maximum Gasteiger partial charge on any atom is 0.224 e. The molecule has 1 saturated heterocycles. The van der Waals surface area contributed by atoms with E-state index in [4.69, 9.17) is 0 Å². The third kappa shape index (κ3) is 0.834. The third-order valence-electron chi connectivity index (χ3n) is 3.65. The van der Waals surface area contributed by atoms with Crippen LogP contribution in [0.3, 0.4) is 0 Å². The smallest absolute Gasteiger partial charge is 0.224 e. The lowest BCUT2D eigenvalue weighted by Crippen LogP contribution is -2.22. The number of nitrogens with one attached hydrogen (secondary N) is 1. The first-order chi connectivity index (χ1) is 6.74. The van der Waals surface area contributed by atoms with Crippen molar-refractivity contribution in [2.24, 2.45) is 5.92 Å². The normalized spacial score (nSPS) is 33.8. The topological polar surface area (TPSA) is 29.1 Å².